The van der Waals surface area contributed by atoms with E-state index in [1.807, 2.05) is 0 Å². The normalized spacial score (nSPS) is 11.7. The van der Waals surface area contributed by atoms with Crippen LogP contribution in [0.1, 0.15) is 30.7 Å². The van der Waals surface area contributed by atoms with E-state index >= 15 is 0 Å². The largest absolute Gasteiger partial charge is 0.330 e. The van der Waals surface area contributed by atoms with E-state index in [9.17, 15) is 0 Å². The molecule has 0 radical (unpaired) electrons. The van der Waals surface area contributed by atoms with E-state index in [1.54, 1.807) is 11.3 Å². The minimum atomic E-state index is 0.774. The van der Waals surface area contributed by atoms with E-state index in [2.05, 4.69) is 39.7 Å². The van der Waals surface area contributed by atoms with E-state index in [0.717, 1.165) is 43.0 Å². The lowest BCUT2D eigenvalue weighted by atomic mass is 10.2. The molecule has 0 atom stereocenters. The molecule has 19 heavy (non-hydrogen) atoms. The number of hydrogen-bond donors (Lipinski definition) is 1. The van der Waals surface area contributed by atoms with Crippen molar-refractivity contribution in [1.82, 2.24) is 14.6 Å². The fraction of sp³-hybridized carbons (Fsp3) is 0.429. The average molecular weight is 274 g/mol. The summed E-state index contributed by atoms with van der Waals surface area (Å²) in [6, 6.07) is 6.53. The van der Waals surface area contributed by atoms with Crippen LogP contribution in [0.2, 0.25) is 0 Å². The van der Waals surface area contributed by atoms with Crippen molar-refractivity contribution in [3.05, 3.63) is 29.6 Å². The monoisotopic (exact) mass is 274 g/mol. The third-order valence-corrected chi connectivity index (χ3v) is 4.36. The number of aryl methyl sites for hydroxylation is 2. The zero-order chi connectivity index (χ0) is 13.2. The second kappa shape index (κ2) is 5.27. The van der Waals surface area contributed by atoms with Gasteiger partial charge in [0, 0.05) is 6.42 Å². The number of rotatable bonds is 5. The Balaban J connectivity index is 1.94. The molecule has 0 aliphatic heterocycles. The maximum atomic E-state index is 5.52. The molecule has 3 rings (SSSR count). The Morgan fingerprint density at radius 3 is 2.95 bits per heavy atom. The highest BCUT2D eigenvalue weighted by Crippen LogP contribution is 2.27. The maximum Gasteiger partial charge on any atom is 0.217 e. The summed E-state index contributed by atoms with van der Waals surface area (Å²) in [5.74, 6) is 1.07. The Morgan fingerprint density at radius 1 is 1.21 bits per heavy atom. The molecule has 0 amide bonds. The first-order chi connectivity index (χ1) is 9.29. The van der Waals surface area contributed by atoms with Crippen LogP contribution in [0.15, 0.2) is 18.2 Å². The number of nitrogens with zero attached hydrogens (tertiary/aromatic N) is 3. The van der Waals surface area contributed by atoms with Crippen molar-refractivity contribution in [2.24, 2.45) is 5.73 Å². The Morgan fingerprint density at radius 2 is 2.11 bits per heavy atom. The summed E-state index contributed by atoms with van der Waals surface area (Å²) < 4.78 is 3.48. The van der Waals surface area contributed by atoms with Gasteiger partial charge in [0.15, 0.2) is 0 Å². The average Bonchev–Trinajstić information content (AvgIpc) is 2.93. The molecule has 3 aromatic rings. The number of thiazole rings is 1. The molecule has 100 valence electrons. The van der Waals surface area contributed by atoms with Crippen molar-refractivity contribution >= 4 is 26.5 Å². The molecule has 2 aromatic heterocycles. The van der Waals surface area contributed by atoms with Crippen molar-refractivity contribution in [2.45, 2.75) is 32.6 Å². The highest BCUT2D eigenvalue weighted by molar-refractivity contribution is 7.23. The first-order valence-corrected chi connectivity index (χ1v) is 7.54. The van der Waals surface area contributed by atoms with Crippen LogP contribution in [-0.4, -0.2) is 21.1 Å². The van der Waals surface area contributed by atoms with Gasteiger partial charge in [0.1, 0.15) is 5.82 Å². The topological polar surface area (TPSA) is 56.2 Å². The molecular weight excluding hydrogens is 256 g/mol. The predicted molar refractivity (Wildman–Crippen MR) is 79.7 cm³/mol. The van der Waals surface area contributed by atoms with Crippen LogP contribution in [0, 0.1) is 6.92 Å². The van der Waals surface area contributed by atoms with E-state index in [1.165, 1.54) is 15.8 Å². The van der Waals surface area contributed by atoms with Crippen LogP contribution in [0.5, 0.6) is 0 Å². The summed E-state index contributed by atoms with van der Waals surface area (Å²) in [4.78, 5) is 0.995. The van der Waals surface area contributed by atoms with E-state index in [4.69, 9.17) is 5.73 Å². The highest BCUT2D eigenvalue weighted by Gasteiger charge is 2.11. The SMILES string of the molecule is Cc1ccc2c(c1)sc1nnc(CCCCCN)n12. The van der Waals surface area contributed by atoms with Crippen molar-refractivity contribution in [3.8, 4) is 0 Å². The minimum absolute atomic E-state index is 0.774. The fourth-order valence-electron chi connectivity index (χ4n) is 2.36. The lowest BCUT2D eigenvalue weighted by Gasteiger charge is -1.99. The molecule has 2 heterocycles. The van der Waals surface area contributed by atoms with Crippen LogP contribution in [0.25, 0.3) is 15.2 Å². The van der Waals surface area contributed by atoms with Gasteiger partial charge < -0.3 is 5.73 Å². The third kappa shape index (κ3) is 2.35. The van der Waals surface area contributed by atoms with Gasteiger partial charge in [-0.3, -0.25) is 4.40 Å². The van der Waals surface area contributed by atoms with Gasteiger partial charge in [-0.25, -0.2) is 0 Å². The summed E-state index contributed by atoms with van der Waals surface area (Å²) in [5, 5.41) is 8.61. The Kier molecular flexibility index (Phi) is 3.48. The van der Waals surface area contributed by atoms with Crippen LogP contribution >= 0.6 is 11.3 Å². The first kappa shape index (κ1) is 12.6. The molecule has 0 fully saturated rings. The number of unbranched alkanes of at least 4 members (excludes halogenated alkanes) is 2. The lowest BCUT2D eigenvalue weighted by molar-refractivity contribution is 0.667. The Hall–Kier alpha value is -1.46. The molecule has 4 nitrogen and oxygen atoms in total. The number of hydrogen-bond acceptors (Lipinski definition) is 4. The summed E-state index contributed by atoms with van der Waals surface area (Å²) in [5.41, 5.74) is 8.03. The van der Waals surface area contributed by atoms with Crippen molar-refractivity contribution in [3.63, 3.8) is 0 Å². The van der Waals surface area contributed by atoms with Crippen LogP contribution in [0.4, 0.5) is 0 Å². The van der Waals surface area contributed by atoms with Crippen molar-refractivity contribution in [2.75, 3.05) is 6.54 Å². The first-order valence-electron chi connectivity index (χ1n) is 6.73. The standard InChI is InChI=1S/C14H18N4S/c1-10-6-7-11-12(9-10)19-14-17-16-13(18(11)14)5-3-2-4-8-15/h6-7,9H,2-5,8,15H2,1H3. The second-order valence-electron chi connectivity index (χ2n) is 4.91. The number of aromatic nitrogens is 3. The van der Waals surface area contributed by atoms with Gasteiger partial charge in [0.25, 0.3) is 0 Å². The predicted octanol–water partition coefficient (Wildman–Crippen LogP) is 2.92. The third-order valence-electron chi connectivity index (χ3n) is 3.36. The molecule has 0 unspecified atom stereocenters. The summed E-state index contributed by atoms with van der Waals surface area (Å²) >= 11 is 1.71. The van der Waals surface area contributed by atoms with Gasteiger partial charge in [-0.2, -0.15) is 0 Å². The maximum absolute atomic E-state index is 5.52. The molecule has 0 aliphatic rings. The van der Waals surface area contributed by atoms with Gasteiger partial charge in [0.05, 0.1) is 10.2 Å². The van der Waals surface area contributed by atoms with E-state index in [-0.39, 0.29) is 0 Å². The van der Waals surface area contributed by atoms with Crippen LogP contribution in [0.3, 0.4) is 0 Å². The van der Waals surface area contributed by atoms with Gasteiger partial charge in [-0.15, -0.1) is 10.2 Å². The number of benzene rings is 1. The molecule has 0 spiro atoms. The van der Waals surface area contributed by atoms with Gasteiger partial charge >= 0.3 is 0 Å². The van der Waals surface area contributed by atoms with E-state index in [0.29, 0.717) is 0 Å². The van der Waals surface area contributed by atoms with E-state index < -0.39 is 0 Å². The zero-order valence-electron chi connectivity index (χ0n) is 11.1. The Bertz CT molecular complexity index is 698. The molecule has 0 aliphatic carbocycles. The zero-order valence-corrected chi connectivity index (χ0v) is 11.9. The molecule has 2 N–H and O–H groups in total. The molecule has 0 saturated carbocycles. The van der Waals surface area contributed by atoms with Crippen molar-refractivity contribution in [1.29, 1.82) is 0 Å². The second-order valence-corrected chi connectivity index (χ2v) is 5.92. The molecular formula is C14H18N4S. The fourth-order valence-corrected chi connectivity index (χ4v) is 3.44. The highest BCUT2D eigenvalue weighted by atomic mass is 32.1. The van der Waals surface area contributed by atoms with Crippen LogP contribution in [-0.2, 0) is 6.42 Å². The molecule has 5 heteroatoms. The minimum Gasteiger partial charge on any atom is -0.330 e. The molecule has 0 saturated heterocycles. The summed E-state index contributed by atoms with van der Waals surface area (Å²) in [6.45, 7) is 2.89. The van der Waals surface area contributed by atoms with Gasteiger partial charge in [-0.05, 0) is 44.0 Å². The summed E-state index contributed by atoms with van der Waals surface area (Å²) in [7, 11) is 0. The lowest BCUT2D eigenvalue weighted by Crippen LogP contribution is -1.99. The molecule has 0 bridgehead atoms. The van der Waals surface area contributed by atoms with Gasteiger partial charge in [-0.1, -0.05) is 23.8 Å². The molecule has 1 aromatic carbocycles. The number of fused-ring (bicyclic) bond motifs is 3. The smallest absolute Gasteiger partial charge is 0.217 e. The Labute approximate surface area is 116 Å². The van der Waals surface area contributed by atoms with Crippen LogP contribution < -0.4 is 5.73 Å². The number of nitrogens with two attached hydrogens (primary N) is 1. The quantitative estimate of drug-likeness (QED) is 0.728. The van der Waals surface area contributed by atoms with Crippen molar-refractivity contribution < 1.29 is 0 Å². The van der Waals surface area contributed by atoms with Gasteiger partial charge in [0.2, 0.25) is 4.96 Å². The summed E-state index contributed by atoms with van der Waals surface area (Å²) in [6.07, 6.45) is 4.35.